The number of carbonyl (C=O) groups is 1. The van der Waals surface area contributed by atoms with E-state index in [9.17, 15) is 4.79 Å². The van der Waals surface area contributed by atoms with E-state index < -0.39 is 0 Å². The number of carbonyl (C=O) groups excluding carboxylic acids is 1. The fourth-order valence-corrected chi connectivity index (χ4v) is 2.33. The number of rotatable bonds is 1. The van der Waals surface area contributed by atoms with E-state index in [0.29, 0.717) is 19.2 Å². The van der Waals surface area contributed by atoms with Crippen molar-refractivity contribution in [2.75, 3.05) is 19.7 Å². The molecule has 2 aliphatic rings. The first-order valence-electron chi connectivity index (χ1n) is 5.26. The van der Waals surface area contributed by atoms with Crippen molar-refractivity contribution in [1.82, 2.24) is 4.90 Å². The fraction of sp³-hybridized carbons (Fsp3) is 0.900. The van der Waals surface area contributed by atoms with Crippen LogP contribution in [0.15, 0.2) is 0 Å². The molecule has 1 saturated heterocycles. The van der Waals surface area contributed by atoms with Gasteiger partial charge in [0.25, 0.3) is 0 Å². The minimum atomic E-state index is -0.0446. The number of cyclic esters (lactones) is 1. The molecule has 0 bridgehead atoms. The summed E-state index contributed by atoms with van der Waals surface area (Å²) < 4.78 is 4.92. The minimum Gasteiger partial charge on any atom is -0.463 e. The van der Waals surface area contributed by atoms with E-state index in [4.69, 9.17) is 4.74 Å². The predicted molar refractivity (Wildman–Crippen MR) is 49.4 cm³/mol. The molecule has 3 nitrogen and oxygen atoms in total. The van der Waals surface area contributed by atoms with Crippen LogP contribution in [0.5, 0.6) is 0 Å². The van der Waals surface area contributed by atoms with Gasteiger partial charge in [-0.2, -0.15) is 0 Å². The Morgan fingerprint density at radius 1 is 1.23 bits per heavy atom. The van der Waals surface area contributed by atoms with Crippen LogP contribution in [0.3, 0.4) is 0 Å². The van der Waals surface area contributed by atoms with E-state index in [2.05, 4.69) is 4.90 Å². The third kappa shape index (κ3) is 2.21. The summed E-state index contributed by atoms with van der Waals surface area (Å²) in [4.78, 5) is 13.3. The van der Waals surface area contributed by atoms with Crippen molar-refractivity contribution in [3.8, 4) is 0 Å². The first-order valence-corrected chi connectivity index (χ1v) is 5.26. The van der Waals surface area contributed by atoms with Crippen molar-refractivity contribution >= 4 is 5.97 Å². The molecule has 2 rings (SSSR count). The van der Waals surface area contributed by atoms with Gasteiger partial charge < -0.3 is 4.74 Å². The van der Waals surface area contributed by atoms with Crippen molar-refractivity contribution in [2.45, 2.75) is 38.1 Å². The van der Waals surface area contributed by atoms with Crippen LogP contribution in [0.25, 0.3) is 0 Å². The van der Waals surface area contributed by atoms with Crippen LogP contribution in [-0.2, 0) is 9.53 Å². The lowest BCUT2D eigenvalue weighted by molar-refractivity contribution is -0.152. The zero-order valence-corrected chi connectivity index (χ0v) is 8.00. The lowest BCUT2D eigenvalue weighted by Gasteiger charge is -2.35. The van der Waals surface area contributed by atoms with Crippen molar-refractivity contribution in [3.05, 3.63) is 0 Å². The molecule has 1 heterocycles. The quantitative estimate of drug-likeness (QED) is 0.572. The Balaban J connectivity index is 1.87. The molecule has 0 unspecified atom stereocenters. The Kier molecular flexibility index (Phi) is 2.83. The van der Waals surface area contributed by atoms with Gasteiger partial charge in [0, 0.05) is 12.6 Å². The summed E-state index contributed by atoms with van der Waals surface area (Å²) in [7, 11) is 0. The second-order valence-corrected chi connectivity index (χ2v) is 3.98. The van der Waals surface area contributed by atoms with Gasteiger partial charge in [0.05, 0.1) is 6.54 Å². The van der Waals surface area contributed by atoms with Crippen LogP contribution < -0.4 is 0 Å². The number of hydrogen-bond donors (Lipinski definition) is 0. The third-order valence-corrected chi connectivity index (χ3v) is 3.06. The smallest absolute Gasteiger partial charge is 0.320 e. The molecule has 3 heteroatoms. The maximum absolute atomic E-state index is 11.1. The van der Waals surface area contributed by atoms with E-state index >= 15 is 0 Å². The van der Waals surface area contributed by atoms with Gasteiger partial charge in [-0.25, -0.2) is 0 Å². The van der Waals surface area contributed by atoms with Gasteiger partial charge in [-0.1, -0.05) is 19.3 Å². The predicted octanol–water partition coefficient (Wildman–Crippen LogP) is 1.18. The van der Waals surface area contributed by atoms with Crippen molar-refractivity contribution < 1.29 is 9.53 Å². The highest BCUT2D eigenvalue weighted by molar-refractivity contribution is 5.72. The van der Waals surface area contributed by atoms with Crippen LogP contribution in [0, 0.1) is 0 Å². The average molecular weight is 183 g/mol. The van der Waals surface area contributed by atoms with E-state index in [1.807, 2.05) is 0 Å². The summed E-state index contributed by atoms with van der Waals surface area (Å²) in [6.45, 7) is 2.05. The molecule has 0 spiro atoms. The second-order valence-electron chi connectivity index (χ2n) is 3.98. The Bertz CT molecular complexity index is 187. The lowest BCUT2D eigenvalue weighted by Crippen LogP contribution is -2.46. The van der Waals surface area contributed by atoms with Gasteiger partial charge in [-0.05, 0) is 12.8 Å². The molecule has 0 aromatic heterocycles. The first kappa shape index (κ1) is 9.00. The van der Waals surface area contributed by atoms with Crippen LogP contribution in [-0.4, -0.2) is 36.6 Å². The third-order valence-electron chi connectivity index (χ3n) is 3.06. The normalized spacial score (nSPS) is 27.2. The number of hydrogen-bond acceptors (Lipinski definition) is 3. The molecule has 1 aliphatic carbocycles. The van der Waals surface area contributed by atoms with Gasteiger partial charge in [0.1, 0.15) is 6.61 Å². The molecule has 74 valence electrons. The van der Waals surface area contributed by atoms with Gasteiger partial charge in [0.2, 0.25) is 0 Å². The van der Waals surface area contributed by atoms with Crippen LogP contribution in [0.1, 0.15) is 32.1 Å². The highest BCUT2D eigenvalue weighted by atomic mass is 16.5. The zero-order valence-electron chi connectivity index (χ0n) is 8.00. The highest BCUT2D eigenvalue weighted by Crippen LogP contribution is 2.23. The molecule has 13 heavy (non-hydrogen) atoms. The number of esters is 1. The van der Waals surface area contributed by atoms with E-state index in [1.165, 1.54) is 32.1 Å². The molecule has 0 amide bonds. The number of morpholine rings is 1. The summed E-state index contributed by atoms with van der Waals surface area (Å²) in [5, 5.41) is 0. The van der Waals surface area contributed by atoms with E-state index in [0.717, 1.165) is 6.54 Å². The first-order chi connectivity index (χ1) is 6.36. The van der Waals surface area contributed by atoms with Crippen LogP contribution >= 0.6 is 0 Å². The lowest BCUT2D eigenvalue weighted by atomic mass is 9.94. The topological polar surface area (TPSA) is 29.5 Å². The van der Waals surface area contributed by atoms with Crippen LogP contribution in [0.2, 0.25) is 0 Å². The van der Waals surface area contributed by atoms with E-state index in [-0.39, 0.29) is 5.97 Å². The Morgan fingerprint density at radius 2 is 2.00 bits per heavy atom. The van der Waals surface area contributed by atoms with Crippen molar-refractivity contribution in [1.29, 1.82) is 0 Å². The van der Waals surface area contributed by atoms with Crippen LogP contribution in [0.4, 0.5) is 0 Å². The summed E-state index contributed by atoms with van der Waals surface area (Å²) in [5.41, 5.74) is 0. The molecule has 1 aliphatic heterocycles. The maximum atomic E-state index is 11.1. The molecule has 0 atom stereocenters. The standard InChI is InChI=1S/C10H17NO2/c12-10-8-11(6-7-13-10)9-4-2-1-3-5-9/h9H,1-8H2. The van der Waals surface area contributed by atoms with E-state index in [1.54, 1.807) is 0 Å². The summed E-state index contributed by atoms with van der Waals surface area (Å²) in [6.07, 6.45) is 6.57. The van der Waals surface area contributed by atoms with Gasteiger partial charge in [-0.15, -0.1) is 0 Å². The van der Waals surface area contributed by atoms with Gasteiger partial charge in [-0.3, -0.25) is 9.69 Å². The Morgan fingerprint density at radius 3 is 2.69 bits per heavy atom. The number of ether oxygens (including phenoxy) is 1. The molecule has 1 saturated carbocycles. The zero-order chi connectivity index (χ0) is 9.10. The van der Waals surface area contributed by atoms with Gasteiger partial charge >= 0.3 is 5.97 Å². The van der Waals surface area contributed by atoms with Crippen molar-refractivity contribution in [3.63, 3.8) is 0 Å². The summed E-state index contributed by atoms with van der Waals surface area (Å²) in [5.74, 6) is -0.0446. The Labute approximate surface area is 79.0 Å². The molecule has 0 radical (unpaired) electrons. The highest BCUT2D eigenvalue weighted by Gasteiger charge is 2.26. The number of nitrogens with zero attached hydrogens (tertiary/aromatic N) is 1. The molecule has 0 aromatic carbocycles. The summed E-state index contributed by atoms with van der Waals surface area (Å²) >= 11 is 0. The van der Waals surface area contributed by atoms with Gasteiger partial charge in [0.15, 0.2) is 0 Å². The molecule has 2 fully saturated rings. The van der Waals surface area contributed by atoms with Crippen molar-refractivity contribution in [2.24, 2.45) is 0 Å². The monoisotopic (exact) mass is 183 g/mol. The molecule has 0 N–H and O–H groups in total. The molecular weight excluding hydrogens is 166 g/mol. The Hall–Kier alpha value is -0.570. The molecular formula is C10H17NO2. The average Bonchev–Trinajstić information content (AvgIpc) is 2.19. The maximum Gasteiger partial charge on any atom is 0.320 e. The largest absolute Gasteiger partial charge is 0.463 e. The molecule has 0 aromatic rings. The minimum absolute atomic E-state index is 0.0446. The SMILES string of the molecule is O=C1CN(C2CCCCC2)CCO1. The summed E-state index contributed by atoms with van der Waals surface area (Å²) in [6, 6.07) is 0.654. The second kappa shape index (κ2) is 4.09. The fourth-order valence-electron chi connectivity index (χ4n) is 2.33.